The summed E-state index contributed by atoms with van der Waals surface area (Å²) in [5.74, 6) is -0.522. The summed E-state index contributed by atoms with van der Waals surface area (Å²) < 4.78 is 4.98. The first kappa shape index (κ1) is 25.1. The van der Waals surface area contributed by atoms with Gasteiger partial charge in [-0.25, -0.2) is 9.78 Å². The predicted molar refractivity (Wildman–Crippen MR) is 131 cm³/mol. The van der Waals surface area contributed by atoms with E-state index in [0.29, 0.717) is 37.7 Å². The van der Waals surface area contributed by atoms with Crippen LogP contribution >= 0.6 is 11.3 Å². The van der Waals surface area contributed by atoms with Crippen LogP contribution in [0.3, 0.4) is 0 Å². The van der Waals surface area contributed by atoms with Crippen molar-refractivity contribution in [3.05, 3.63) is 46.2 Å². The monoisotopic (exact) mass is 500 g/mol. The number of aryl methyl sites for hydroxylation is 1. The lowest BCUT2D eigenvalue weighted by atomic mass is 9.99. The van der Waals surface area contributed by atoms with Gasteiger partial charge in [-0.2, -0.15) is 0 Å². The van der Waals surface area contributed by atoms with Crippen LogP contribution in [0, 0.1) is 0 Å². The van der Waals surface area contributed by atoms with E-state index >= 15 is 0 Å². The normalized spacial score (nSPS) is 17.9. The molecule has 4 rings (SSSR count). The molecule has 2 aliphatic rings. The second-order valence-electron chi connectivity index (χ2n) is 9.05. The van der Waals surface area contributed by atoms with E-state index in [-0.39, 0.29) is 18.5 Å². The van der Waals surface area contributed by atoms with Gasteiger partial charge in [0.25, 0.3) is 5.91 Å². The summed E-state index contributed by atoms with van der Waals surface area (Å²) in [6, 6.07) is 3.84. The summed E-state index contributed by atoms with van der Waals surface area (Å²) in [5, 5.41) is 1.96. The van der Waals surface area contributed by atoms with Gasteiger partial charge in [-0.1, -0.05) is 0 Å². The third kappa shape index (κ3) is 6.34. The van der Waals surface area contributed by atoms with Gasteiger partial charge in [-0.3, -0.25) is 19.5 Å². The highest BCUT2D eigenvalue weighted by atomic mass is 32.1. The van der Waals surface area contributed by atoms with Crippen molar-refractivity contribution in [2.45, 2.75) is 51.2 Å². The average molecular weight is 501 g/mol. The number of pyridine rings is 1. The van der Waals surface area contributed by atoms with Crippen LogP contribution in [0.1, 0.15) is 47.9 Å². The lowest BCUT2D eigenvalue weighted by Crippen LogP contribution is -2.51. The smallest absolute Gasteiger partial charge is 0.410 e. The molecule has 2 aliphatic heterocycles. The molecule has 35 heavy (non-hydrogen) atoms. The number of rotatable bonds is 10. The minimum Gasteiger partial charge on any atom is -0.448 e. The highest BCUT2D eigenvalue weighted by Gasteiger charge is 2.33. The zero-order valence-electron chi connectivity index (χ0n) is 20.0. The highest BCUT2D eigenvalue weighted by Crippen LogP contribution is 2.23. The molecule has 2 aromatic heterocycles. The lowest BCUT2D eigenvalue weighted by molar-refractivity contribution is -0.136. The van der Waals surface area contributed by atoms with Gasteiger partial charge in [0.15, 0.2) is 0 Å². The molecule has 188 valence electrons. The number of aromatic nitrogens is 2. The number of carbonyl (C=O) groups excluding carboxylic acids is 3. The Bertz CT molecular complexity index is 1020. The Kier molecular flexibility index (Phi) is 8.29. The molecule has 4 heterocycles. The van der Waals surface area contributed by atoms with E-state index in [1.165, 1.54) is 16.2 Å². The van der Waals surface area contributed by atoms with Gasteiger partial charge >= 0.3 is 6.09 Å². The lowest BCUT2D eigenvalue weighted by Gasteiger charge is -2.41. The van der Waals surface area contributed by atoms with Crippen LogP contribution in [0.4, 0.5) is 4.79 Å². The van der Waals surface area contributed by atoms with Crippen LogP contribution in [0.2, 0.25) is 0 Å². The molecular weight excluding hydrogens is 468 g/mol. The van der Waals surface area contributed by atoms with E-state index < -0.39 is 12.0 Å². The Balaban J connectivity index is 1.34. The van der Waals surface area contributed by atoms with Crippen LogP contribution in [0.15, 0.2) is 29.2 Å². The van der Waals surface area contributed by atoms with Crippen molar-refractivity contribution in [1.82, 2.24) is 24.7 Å². The fourth-order valence-electron chi connectivity index (χ4n) is 4.76. The average Bonchev–Trinajstić information content (AvgIpc) is 3.53. The van der Waals surface area contributed by atoms with Crippen LogP contribution in [0.25, 0.3) is 0 Å². The Morgan fingerprint density at radius 2 is 2.09 bits per heavy atom. The number of nitrogens with two attached hydrogens (primary N) is 1. The topological polar surface area (TPSA) is 122 Å². The highest BCUT2D eigenvalue weighted by molar-refractivity contribution is 7.07. The van der Waals surface area contributed by atoms with Crippen molar-refractivity contribution in [1.29, 1.82) is 0 Å². The second kappa shape index (κ2) is 11.6. The SMILES string of the molecule is C[C@H](CCc1ncccc1C(N)=O)N1CCC(N(Cc2cscn2)C(=O)CN2CCOC2=O)CC1. The number of amides is 3. The molecule has 0 saturated carbocycles. The molecule has 0 spiro atoms. The number of nitrogens with zero attached hydrogens (tertiary/aromatic N) is 5. The molecule has 10 nitrogen and oxygen atoms in total. The Labute approximate surface area is 209 Å². The molecule has 0 radical (unpaired) electrons. The number of hydrogen-bond acceptors (Lipinski definition) is 8. The van der Waals surface area contributed by atoms with Crippen LogP contribution in [0.5, 0.6) is 0 Å². The summed E-state index contributed by atoms with van der Waals surface area (Å²) in [6.45, 7) is 5.16. The number of carbonyl (C=O) groups is 3. The van der Waals surface area contributed by atoms with Gasteiger partial charge in [0.05, 0.1) is 35.6 Å². The number of hydrogen-bond donors (Lipinski definition) is 1. The maximum atomic E-state index is 13.2. The molecule has 2 N–H and O–H groups in total. The minimum atomic E-state index is -0.450. The summed E-state index contributed by atoms with van der Waals surface area (Å²) in [4.78, 5) is 51.2. The summed E-state index contributed by atoms with van der Waals surface area (Å²) in [7, 11) is 0. The number of ether oxygens (including phenoxy) is 1. The quantitative estimate of drug-likeness (QED) is 0.529. The molecule has 0 bridgehead atoms. The third-order valence-corrected chi connectivity index (χ3v) is 7.46. The molecule has 0 aliphatic carbocycles. The van der Waals surface area contributed by atoms with Gasteiger partial charge in [0.2, 0.25) is 5.91 Å². The van der Waals surface area contributed by atoms with Crippen molar-refractivity contribution >= 4 is 29.2 Å². The van der Waals surface area contributed by atoms with E-state index in [2.05, 4.69) is 21.8 Å². The first-order valence-corrected chi connectivity index (χ1v) is 12.9. The van der Waals surface area contributed by atoms with Crippen LogP contribution in [-0.2, 0) is 22.5 Å². The summed E-state index contributed by atoms with van der Waals surface area (Å²) >= 11 is 1.51. The van der Waals surface area contributed by atoms with E-state index in [0.717, 1.165) is 43.7 Å². The Morgan fingerprint density at radius 1 is 1.29 bits per heavy atom. The molecule has 2 aromatic rings. The van der Waals surface area contributed by atoms with Crippen LogP contribution in [-0.4, -0.2) is 87.4 Å². The predicted octanol–water partition coefficient (Wildman–Crippen LogP) is 1.90. The molecular formula is C24H32N6O4S. The van der Waals surface area contributed by atoms with E-state index in [4.69, 9.17) is 10.5 Å². The van der Waals surface area contributed by atoms with Crippen molar-refractivity contribution in [3.63, 3.8) is 0 Å². The molecule has 1 atom stereocenters. The van der Waals surface area contributed by atoms with Crippen LogP contribution < -0.4 is 5.73 Å². The number of thiazole rings is 1. The third-order valence-electron chi connectivity index (χ3n) is 6.83. The molecule has 0 aromatic carbocycles. The molecule has 2 fully saturated rings. The van der Waals surface area contributed by atoms with E-state index in [1.807, 2.05) is 10.3 Å². The van der Waals surface area contributed by atoms with Crippen molar-refractivity contribution < 1.29 is 19.1 Å². The molecule has 0 unspecified atom stereocenters. The number of primary amides is 1. The van der Waals surface area contributed by atoms with Gasteiger partial charge in [-0.15, -0.1) is 11.3 Å². The molecule has 11 heteroatoms. The fraction of sp³-hybridized carbons (Fsp3) is 0.542. The van der Waals surface area contributed by atoms with Crippen molar-refractivity contribution in [2.75, 3.05) is 32.8 Å². The standard InChI is InChI=1S/C24H32N6O4S/c1-17(4-5-21-20(23(25)32)3-2-8-26-21)28-9-6-19(7-10-28)30(13-18-15-35-16-27-18)22(31)14-29-11-12-34-24(29)33/h2-3,8,15-17,19H,4-7,9-14H2,1H3,(H2,25,32)/t17-/m1/s1. The van der Waals surface area contributed by atoms with Gasteiger partial charge < -0.3 is 20.3 Å². The fourth-order valence-corrected chi connectivity index (χ4v) is 5.31. The second-order valence-corrected chi connectivity index (χ2v) is 9.77. The van der Waals surface area contributed by atoms with Gasteiger partial charge in [-0.05, 0) is 44.7 Å². The largest absolute Gasteiger partial charge is 0.448 e. The van der Waals surface area contributed by atoms with Crippen molar-refractivity contribution in [2.24, 2.45) is 5.73 Å². The first-order chi connectivity index (χ1) is 16.9. The van der Waals surface area contributed by atoms with E-state index in [9.17, 15) is 14.4 Å². The van der Waals surface area contributed by atoms with Gasteiger partial charge in [0, 0.05) is 36.8 Å². The molecule has 2 saturated heterocycles. The Hall–Kier alpha value is -3.05. The minimum absolute atomic E-state index is 0.0336. The number of likely N-dealkylation sites (tertiary alicyclic amines) is 1. The number of piperidine rings is 1. The maximum absolute atomic E-state index is 13.2. The van der Waals surface area contributed by atoms with Gasteiger partial charge in [0.1, 0.15) is 13.2 Å². The zero-order valence-corrected chi connectivity index (χ0v) is 20.8. The Morgan fingerprint density at radius 3 is 2.74 bits per heavy atom. The first-order valence-electron chi connectivity index (χ1n) is 12.0. The van der Waals surface area contributed by atoms with Crippen molar-refractivity contribution in [3.8, 4) is 0 Å². The summed E-state index contributed by atoms with van der Waals surface area (Å²) in [6.07, 6.45) is 4.50. The number of cyclic esters (lactones) is 1. The van der Waals surface area contributed by atoms with E-state index in [1.54, 1.807) is 23.8 Å². The molecule has 3 amide bonds. The summed E-state index contributed by atoms with van der Waals surface area (Å²) in [5.41, 5.74) is 9.34. The zero-order chi connectivity index (χ0) is 24.8. The maximum Gasteiger partial charge on any atom is 0.410 e.